The Morgan fingerprint density at radius 2 is 1.63 bits per heavy atom. The van der Waals surface area contributed by atoms with Gasteiger partial charge in [-0.2, -0.15) is 5.10 Å². The Bertz CT molecular complexity index is 1880. The lowest BCUT2D eigenvalue weighted by atomic mass is 9.93. The number of anilines is 1. The largest absolute Gasteiger partial charge is 0.394 e. The molecule has 6 rings (SSSR count). The zero-order valence-corrected chi connectivity index (χ0v) is 31.2. The number of hydrogen-bond acceptors (Lipinski definition) is 6. The van der Waals surface area contributed by atoms with Crippen LogP contribution >= 0.6 is 11.6 Å². The van der Waals surface area contributed by atoms with Gasteiger partial charge in [0.1, 0.15) is 0 Å². The Kier molecular flexibility index (Phi) is 12.0. The summed E-state index contributed by atoms with van der Waals surface area (Å²) in [4.78, 5) is 49.4. The van der Waals surface area contributed by atoms with Crippen LogP contribution < -0.4 is 4.90 Å². The van der Waals surface area contributed by atoms with Crippen molar-refractivity contribution in [3.05, 3.63) is 111 Å². The summed E-state index contributed by atoms with van der Waals surface area (Å²) < 4.78 is 1.68. The molecule has 2 aliphatic rings. The number of piperazine rings is 1. The first kappa shape index (κ1) is 37.1. The van der Waals surface area contributed by atoms with Crippen molar-refractivity contribution in [2.75, 3.05) is 44.2 Å². The molecule has 3 aromatic carbocycles. The summed E-state index contributed by atoms with van der Waals surface area (Å²) in [5.41, 5.74) is 5.93. The van der Waals surface area contributed by atoms with Crippen molar-refractivity contribution in [3.8, 4) is 5.69 Å². The van der Waals surface area contributed by atoms with E-state index in [9.17, 15) is 19.5 Å². The van der Waals surface area contributed by atoms with Crippen molar-refractivity contribution < 1.29 is 19.5 Å². The molecule has 10 nitrogen and oxygen atoms in total. The first-order chi connectivity index (χ1) is 25.2. The van der Waals surface area contributed by atoms with Crippen molar-refractivity contribution in [3.63, 3.8) is 0 Å². The molecule has 1 fully saturated rings. The third-order valence-electron chi connectivity index (χ3n) is 10.2. The van der Waals surface area contributed by atoms with Crippen molar-refractivity contribution in [2.24, 2.45) is 0 Å². The molecule has 1 N–H and O–H groups in total. The van der Waals surface area contributed by atoms with Crippen molar-refractivity contribution in [1.82, 2.24) is 24.5 Å². The Labute approximate surface area is 311 Å². The van der Waals surface area contributed by atoms with Crippen LogP contribution in [0.2, 0.25) is 5.02 Å². The number of fused-ring (bicyclic) bond motifs is 1. The fourth-order valence-electron chi connectivity index (χ4n) is 7.12. The molecule has 1 atom stereocenters. The Morgan fingerprint density at radius 1 is 0.923 bits per heavy atom. The van der Waals surface area contributed by atoms with Gasteiger partial charge in [0.2, 0.25) is 5.91 Å². The molecule has 0 radical (unpaired) electrons. The minimum atomic E-state index is -0.404. The topological polar surface area (TPSA) is 102 Å². The van der Waals surface area contributed by atoms with E-state index in [0.29, 0.717) is 67.7 Å². The first-order valence-electron chi connectivity index (χ1n) is 18.5. The molecule has 0 spiro atoms. The minimum Gasteiger partial charge on any atom is -0.394 e. The molecule has 0 aliphatic carbocycles. The van der Waals surface area contributed by atoms with Gasteiger partial charge in [-0.05, 0) is 79.3 Å². The molecule has 0 saturated carbocycles. The average molecular weight is 725 g/mol. The van der Waals surface area contributed by atoms with Gasteiger partial charge in [0.05, 0.1) is 30.4 Å². The van der Waals surface area contributed by atoms with Crippen LogP contribution in [0.15, 0.2) is 72.8 Å². The summed E-state index contributed by atoms with van der Waals surface area (Å²) in [6, 6.07) is 22.5. The standard InChI is InChI=1S/C41H49ClN6O4/c1-4-6-18-44(19-7-5-2)41(52)37-22-29(3)48(43-37)38-17-16-34(45-20-21-46(39(50)27-45)25-30-12-14-33(42)15-13-30)24-36(38)40(51)47-26-32-11-9-8-10-31(32)23-35(47)28-49/h8-17,22,24,35,49H,4-7,18-21,23,25-28H2,1-3H3. The average Bonchev–Trinajstić information content (AvgIpc) is 3.56. The molecule has 274 valence electrons. The molecule has 1 aromatic heterocycles. The summed E-state index contributed by atoms with van der Waals surface area (Å²) in [5, 5.41) is 15.9. The smallest absolute Gasteiger partial charge is 0.274 e. The van der Waals surface area contributed by atoms with Gasteiger partial charge in [-0.1, -0.05) is 74.7 Å². The highest BCUT2D eigenvalue weighted by atomic mass is 35.5. The van der Waals surface area contributed by atoms with E-state index in [1.54, 1.807) is 15.6 Å². The second-order valence-electron chi connectivity index (χ2n) is 13.9. The molecule has 1 saturated heterocycles. The van der Waals surface area contributed by atoms with Crippen LogP contribution in [0.25, 0.3) is 5.69 Å². The lowest BCUT2D eigenvalue weighted by Gasteiger charge is -2.37. The molecular formula is C41H49ClN6O4. The molecule has 4 aromatic rings. The van der Waals surface area contributed by atoms with Crippen LogP contribution in [-0.2, 0) is 24.3 Å². The minimum absolute atomic E-state index is 0.00656. The van der Waals surface area contributed by atoms with Crippen LogP contribution in [-0.4, -0.2) is 92.7 Å². The number of benzene rings is 3. The number of aliphatic hydroxyl groups excluding tert-OH is 1. The molecule has 11 heteroatoms. The van der Waals surface area contributed by atoms with Gasteiger partial charge >= 0.3 is 0 Å². The van der Waals surface area contributed by atoms with Gasteiger partial charge in [0, 0.05) is 55.7 Å². The number of aromatic nitrogens is 2. The fraction of sp³-hybridized carbons (Fsp3) is 0.415. The quantitative estimate of drug-likeness (QED) is 0.174. The van der Waals surface area contributed by atoms with Crippen LogP contribution in [0.4, 0.5) is 5.69 Å². The van der Waals surface area contributed by atoms with Crippen LogP contribution in [0.1, 0.15) is 82.8 Å². The number of carbonyl (C=O) groups is 3. The predicted molar refractivity (Wildman–Crippen MR) is 204 cm³/mol. The maximum absolute atomic E-state index is 14.7. The lowest BCUT2D eigenvalue weighted by Crippen LogP contribution is -2.50. The van der Waals surface area contributed by atoms with Crippen molar-refractivity contribution in [1.29, 1.82) is 0 Å². The van der Waals surface area contributed by atoms with Gasteiger partial charge in [-0.15, -0.1) is 0 Å². The van der Waals surface area contributed by atoms with E-state index in [-0.39, 0.29) is 30.9 Å². The number of unbranched alkanes of at least 4 members (excludes halogenated alkanes) is 2. The highest BCUT2D eigenvalue weighted by Gasteiger charge is 2.33. The Balaban J connectivity index is 1.33. The van der Waals surface area contributed by atoms with E-state index in [1.807, 2.05) is 88.4 Å². The van der Waals surface area contributed by atoms with Crippen LogP contribution in [0.5, 0.6) is 0 Å². The van der Waals surface area contributed by atoms with Gasteiger partial charge in [-0.25, -0.2) is 4.68 Å². The molecule has 1 unspecified atom stereocenters. The zero-order valence-electron chi connectivity index (χ0n) is 30.4. The molecule has 52 heavy (non-hydrogen) atoms. The first-order valence-corrected chi connectivity index (χ1v) is 18.8. The fourth-order valence-corrected chi connectivity index (χ4v) is 7.25. The number of aliphatic hydroxyl groups is 1. The van der Waals surface area contributed by atoms with E-state index in [0.717, 1.165) is 53.8 Å². The normalized spacial score (nSPS) is 15.9. The second-order valence-corrected chi connectivity index (χ2v) is 14.3. The number of carbonyl (C=O) groups excluding carboxylic acids is 3. The maximum atomic E-state index is 14.7. The summed E-state index contributed by atoms with van der Waals surface area (Å²) in [6.45, 7) is 9.43. The molecule has 0 bridgehead atoms. The summed E-state index contributed by atoms with van der Waals surface area (Å²) in [6.07, 6.45) is 4.35. The van der Waals surface area contributed by atoms with E-state index in [1.165, 1.54) is 0 Å². The van der Waals surface area contributed by atoms with E-state index < -0.39 is 6.04 Å². The van der Waals surface area contributed by atoms with Gasteiger partial charge < -0.3 is 24.7 Å². The summed E-state index contributed by atoms with van der Waals surface area (Å²) in [5.74, 6) is -0.363. The zero-order chi connectivity index (χ0) is 36.8. The van der Waals surface area contributed by atoms with Gasteiger partial charge in [-0.3, -0.25) is 14.4 Å². The number of hydrogen-bond donors (Lipinski definition) is 1. The summed E-state index contributed by atoms with van der Waals surface area (Å²) >= 11 is 6.06. The van der Waals surface area contributed by atoms with Crippen molar-refractivity contribution >= 4 is 35.0 Å². The SMILES string of the molecule is CCCCN(CCCC)C(=O)c1cc(C)n(-c2ccc(N3CCN(Cc4ccc(Cl)cc4)C(=O)C3)cc2C(=O)N2Cc3ccccc3CC2CO)n1. The molecule has 2 aliphatic heterocycles. The van der Waals surface area contributed by atoms with E-state index in [2.05, 4.69) is 13.8 Å². The number of rotatable bonds is 13. The van der Waals surface area contributed by atoms with E-state index >= 15 is 0 Å². The van der Waals surface area contributed by atoms with Crippen LogP contribution in [0.3, 0.4) is 0 Å². The number of halogens is 1. The molecule has 3 heterocycles. The monoisotopic (exact) mass is 724 g/mol. The van der Waals surface area contributed by atoms with Crippen molar-refractivity contribution in [2.45, 2.75) is 72.0 Å². The van der Waals surface area contributed by atoms with Crippen LogP contribution in [0, 0.1) is 6.92 Å². The third kappa shape index (κ3) is 8.18. The maximum Gasteiger partial charge on any atom is 0.274 e. The Hall–Kier alpha value is -4.67. The predicted octanol–water partition coefficient (Wildman–Crippen LogP) is 6.28. The lowest BCUT2D eigenvalue weighted by molar-refractivity contribution is -0.131. The highest BCUT2D eigenvalue weighted by molar-refractivity contribution is 6.30. The number of nitrogens with zero attached hydrogens (tertiary/aromatic N) is 6. The summed E-state index contributed by atoms with van der Waals surface area (Å²) in [7, 11) is 0. The Morgan fingerprint density at radius 3 is 2.31 bits per heavy atom. The van der Waals surface area contributed by atoms with Gasteiger partial charge in [0.25, 0.3) is 11.8 Å². The second kappa shape index (κ2) is 16.8. The number of aryl methyl sites for hydroxylation is 1. The molecular weight excluding hydrogens is 676 g/mol. The molecule has 3 amide bonds. The number of amides is 3. The van der Waals surface area contributed by atoms with E-state index in [4.69, 9.17) is 16.7 Å². The third-order valence-corrected chi connectivity index (χ3v) is 10.4. The highest BCUT2D eigenvalue weighted by Crippen LogP contribution is 2.30. The van der Waals surface area contributed by atoms with Gasteiger partial charge in [0.15, 0.2) is 5.69 Å².